The second-order valence-corrected chi connectivity index (χ2v) is 8.73. The molecule has 1 aliphatic heterocycles. The lowest BCUT2D eigenvalue weighted by atomic mass is 9.85. The van der Waals surface area contributed by atoms with Crippen LogP contribution < -0.4 is 10.6 Å². The molecule has 0 aromatic rings. The highest BCUT2D eigenvalue weighted by Crippen LogP contribution is 2.52. The second-order valence-electron chi connectivity index (χ2n) is 8.73. The van der Waals surface area contributed by atoms with Gasteiger partial charge in [-0.15, -0.1) is 0 Å². The first-order chi connectivity index (χ1) is 13.5. The van der Waals surface area contributed by atoms with Crippen molar-refractivity contribution in [1.82, 2.24) is 15.5 Å². The standard InChI is InChI=1S/C21H32N4O3/c1-2-22-20(24-13-21(28)8-4-3-5-9-21)23-10-11-25-18(26)16-14-6-7-15(12-14)17(16)19(25)27/h6-7,14-17,28H,2-5,8-13H2,1H3,(H2,22,23,24). The predicted octanol–water partition coefficient (Wildman–Crippen LogP) is 1.04. The van der Waals surface area contributed by atoms with Crippen molar-refractivity contribution in [3.8, 4) is 0 Å². The monoisotopic (exact) mass is 388 g/mol. The maximum absolute atomic E-state index is 12.7. The fraction of sp³-hybridized carbons (Fsp3) is 0.762. The molecule has 1 saturated heterocycles. The van der Waals surface area contributed by atoms with E-state index in [1.807, 2.05) is 6.92 Å². The molecule has 1 heterocycles. The number of guanidine groups is 1. The van der Waals surface area contributed by atoms with Gasteiger partial charge in [0, 0.05) is 19.6 Å². The first-order valence-corrected chi connectivity index (χ1v) is 10.8. The zero-order valence-corrected chi connectivity index (χ0v) is 16.7. The average molecular weight is 389 g/mol. The van der Waals surface area contributed by atoms with Crippen LogP contribution in [-0.4, -0.2) is 59.6 Å². The van der Waals surface area contributed by atoms with Gasteiger partial charge in [-0.05, 0) is 38.0 Å². The normalized spacial score (nSPS) is 33.5. The summed E-state index contributed by atoms with van der Waals surface area (Å²) in [7, 11) is 0. The number of hydrogen-bond donors (Lipinski definition) is 3. The van der Waals surface area contributed by atoms with Crippen molar-refractivity contribution in [3.05, 3.63) is 12.2 Å². The molecule has 3 aliphatic carbocycles. The van der Waals surface area contributed by atoms with Crippen LogP contribution in [0.5, 0.6) is 0 Å². The fourth-order valence-corrected chi connectivity index (χ4v) is 5.41. The Morgan fingerprint density at radius 2 is 1.79 bits per heavy atom. The lowest BCUT2D eigenvalue weighted by molar-refractivity contribution is -0.140. The molecule has 4 atom stereocenters. The minimum atomic E-state index is -0.703. The number of fused-ring (bicyclic) bond motifs is 5. The molecule has 0 radical (unpaired) electrons. The third kappa shape index (κ3) is 3.56. The van der Waals surface area contributed by atoms with Gasteiger partial charge in [-0.2, -0.15) is 0 Å². The molecular formula is C21H32N4O3. The molecule has 3 N–H and O–H groups in total. The number of amides is 2. The van der Waals surface area contributed by atoms with E-state index in [0.29, 0.717) is 32.1 Å². The number of allylic oxidation sites excluding steroid dienone is 2. The van der Waals surface area contributed by atoms with Crippen molar-refractivity contribution >= 4 is 17.8 Å². The Labute approximate surface area is 166 Å². The zero-order chi connectivity index (χ0) is 19.7. The predicted molar refractivity (Wildman–Crippen MR) is 106 cm³/mol. The Morgan fingerprint density at radius 1 is 1.14 bits per heavy atom. The largest absolute Gasteiger partial charge is 0.388 e. The van der Waals surface area contributed by atoms with Crippen molar-refractivity contribution in [3.63, 3.8) is 0 Å². The Hall–Kier alpha value is -1.89. The maximum atomic E-state index is 12.7. The van der Waals surface area contributed by atoms with E-state index in [1.165, 1.54) is 11.3 Å². The first kappa shape index (κ1) is 19.4. The molecule has 0 spiro atoms. The molecule has 2 bridgehead atoms. The van der Waals surface area contributed by atoms with E-state index >= 15 is 0 Å². The number of hydrogen-bond acceptors (Lipinski definition) is 4. The van der Waals surface area contributed by atoms with E-state index in [9.17, 15) is 14.7 Å². The van der Waals surface area contributed by atoms with Gasteiger partial charge in [0.2, 0.25) is 11.8 Å². The first-order valence-electron chi connectivity index (χ1n) is 10.8. The molecule has 4 unspecified atom stereocenters. The van der Waals surface area contributed by atoms with Crippen molar-refractivity contribution in [2.24, 2.45) is 28.7 Å². The van der Waals surface area contributed by atoms with Gasteiger partial charge in [-0.3, -0.25) is 19.5 Å². The Kier molecular flexibility index (Phi) is 5.45. The second kappa shape index (κ2) is 7.85. The van der Waals surface area contributed by atoms with Gasteiger partial charge < -0.3 is 15.7 Å². The molecule has 154 valence electrons. The fourth-order valence-electron chi connectivity index (χ4n) is 5.41. The van der Waals surface area contributed by atoms with E-state index in [2.05, 4.69) is 27.8 Å². The number of aliphatic hydroxyl groups is 1. The molecule has 4 aliphatic rings. The van der Waals surface area contributed by atoms with Crippen molar-refractivity contribution in [2.45, 2.75) is 51.0 Å². The van der Waals surface area contributed by atoms with Gasteiger partial charge >= 0.3 is 0 Å². The summed E-state index contributed by atoms with van der Waals surface area (Å²) in [5, 5.41) is 17.0. The molecule has 0 aromatic carbocycles. The summed E-state index contributed by atoms with van der Waals surface area (Å²) < 4.78 is 0. The van der Waals surface area contributed by atoms with E-state index in [0.717, 1.165) is 32.1 Å². The topological polar surface area (TPSA) is 94.0 Å². The molecule has 2 saturated carbocycles. The zero-order valence-electron chi connectivity index (χ0n) is 16.7. The molecule has 4 rings (SSSR count). The van der Waals surface area contributed by atoms with E-state index in [-0.39, 0.29) is 35.5 Å². The summed E-state index contributed by atoms with van der Waals surface area (Å²) >= 11 is 0. The number of rotatable bonds is 6. The van der Waals surface area contributed by atoms with Crippen LogP contribution >= 0.6 is 0 Å². The van der Waals surface area contributed by atoms with Crippen molar-refractivity contribution in [2.75, 3.05) is 26.2 Å². The molecule has 3 fully saturated rings. The van der Waals surface area contributed by atoms with Gasteiger partial charge in [0.05, 0.1) is 24.0 Å². The Balaban J connectivity index is 1.31. The van der Waals surface area contributed by atoms with Gasteiger partial charge in [-0.25, -0.2) is 0 Å². The van der Waals surface area contributed by atoms with Crippen LogP contribution in [0.3, 0.4) is 0 Å². The number of imide groups is 1. The number of nitrogens with one attached hydrogen (secondary N) is 2. The van der Waals surface area contributed by atoms with Crippen LogP contribution in [0.15, 0.2) is 17.1 Å². The summed E-state index contributed by atoms with van der Waals surface area (Å²) in [6.45, 7) is 3.90. The third-order valence-corrected chi connectivity index (χ3v) is 6.85. The molecule has 0 aromatic heterocycles. The SMILES string of the molecule is CCNC(=NCC1(O)CCCCC1)NCCN1C(=O)C2C3C=CC(C3)C2C1=O. The van der Waals surface area contributed by atoms with Crippen LogP contribution in [0.4, 0.5) is 0 Å². The van der Waals surface area contributed by atoms with Gasteiger partial charge in [0.25, 0.3) is 0 Å². The van der Waals surface area contributed by atoms with E-state index in [1.54, 1.807) is 0 Å². The maximum Gasteiger partial charge on any atom is 0.233 e. The lowest BCUT2D eigenvalue weighted by Gasteiger charge is -2.30. The number of carbonyl (C=O) groups excluding carboxylic acids is 2. The summed E-state index contributed by atoms with van der Waals surface area (Å²) in [6.07, 6.45) is 10.1. The van der Waals surface area contributed by atoms with Gasteiger partial charge in [-0.1, -0.05) is 31.4 Å². The smallest absolute Gasteiger partial charge is 0.233 e. The van der Waals surface area contributed by atoms with Crippen LogP contribution in [0.2, 0.25) is 0 Å². The van der Waals surface area contributed by atoms with E-state index in [4.69, 9.17) is 0 Å². The summed E-state index contributed by atoms with van der Waals surface area (Å²) in [5.74, 6) is 0.843. The minimum absolute atomic E-state index is 0.00731. The van der Waals surface area contributed by atoms with Crippen LogP contribution in [-0.2, 0) is 9.59 Å². The third-order valence-electron chi connectivity index (χ3n) is 6.85. The Morgan fingerprint density at radius 3 is 2.39 bits per heavy atom. The number of carbonyl (C=O) groups is 2. The highest BCUT2D eigenvalue weighted by molar-refractivity contribution is 6.06. The molecular weight excluding hydrogens is 356 g/mol. The lowest BCUT2D eigenvalue weighted by Crippen LogP contribution is -2.44. The molecule has 28 heavy (non-hydrogen) atoms. The van der Waals surface area contributed by atoms with Crippen molar-refractivity contribution < 1.29 is 14.7 Å². The van der Waals surface area contributed by atoms with Crippen LogP contribution in [0, 0.1) is 23.7 Å². The minimum Gasteiger partial charge on any atom is -0.388 e. The summed E-state index contributed by atoms with van der Waals surface area (Å²) in [5.41, 5.74) is -0.703. The average Bonchev–Trinajstić information content (AvgIpc) is 3.36. The highest BCUT2D eigenvalue weighted by atomic mass is 16.3. The highest BCUT2D eigenvalue weighted by Gasteiger charge is 2.58. The summed E-state index contributed by atoms with van der Waals surface area (Å²) in [6, 6.07) is 0. The van der Waals surface area contributed by atoms with Crippen molar-refractivity contribution in [1.29, 1.82) is 0 Å². The number of nitrogens with zero attached hydrogens (tertiary/aromatic N) is 2. The van der Waals surface area contributed by atoms with Gasteiger partial charge in [0.15, 0.2) is 5.96 Å². The van der Waals surface area contributed by atoms with Crippen LogP contribution in [0.25, 0.3) is 0 Å². The van der Waals surface area contributed by atoms with E-state index < -0.39 is 5.60 Å². The summed E-state index contributed by atoms with van der Waals surface area (Å²) in [4.78, 5) is 31.4. The molecule has 7 nitrogen and oxygen atoms in total. The quantitative estimate of drug-likeness (QED) is 0.274. The van der Waals surface area contributed by atoms with Crippen LogP contribution in [0.1, 0.15) is 45.4 Å². The van der Waals surface area contributed by atoms with Gasteiger partial charge in [0.1, 0.15) is 0 Å². The Bertz CT molecular complexity index is 653. The molecule has 7 heteroatoms. The number of likely N-dealkylation sites (tertiary alicyclic amines) is 1. The number of aliphatic imine (C=N–C) groups is 1. The molecule has 2 amide bonds.